The van der Waals surface area contributed by atoms with Gasteiger partial charge in [-0.25, -0.2) is 13.2 Å². The number of carbonyl (C=O) groups is 3. The van der Waals surface area contributed by atoms with Crippen LogP contribution in [0.1, 0.15) is 42.0 Å². The Morgan fingerprint density at radius 3 is 2.19 bits per heavy atom. The number of alkyl carbamates (subject to hydrolysis) is 1. The summed E-state index contributed by atoms with van der Waals surface area (Å²) in [5, 5.41) is 14.3. The molecule has 0 saturated carbocycles. The Hall–Kier alpha value is -4.81. The number of nitrogens with one attached hydrogen (secondary N) is 4. The van der Waals surface area contributed by atoms with E-state index in [1.54, 1.807) is 61.5 Å². The first kappa shape index (κ1) is 31.1. The molecule has 0 aliphatic carbocycles. The highest BCUT2D eigenvalue weighted by Crippen LogP contribution is 2.21. The average molecular weight is 604 g/mol. The molecule has 0 atom stereocenters. The predicted octanol–water partition coefficient (Wildman–Crippen LogP) is 3.53. The van der Waals surface area contributed by atoms with Crippen LogP contribution in [0.5, 0.6) is 0 Å². The summed E-state index contributed by atoms with van der Waals surface area (Å²) < 4.78 is 30.4. The number of hydrazine groups is 1. The van der Waals surface area contributed by atoms with Gasteiger partial charge in [0.1, 0.15) is 12.4 Å². The fraction of sp³-hybridized carbons (Fsp3) is 0.226. The zero-order valence-electron chi connectivity index (χ0n) is 23.6. The van der Waals surface area contributed by atoms with Crippen molar-refractivity contribution in [2.75, 3.05) is 6.54 Å². The van der Waals surface area contributed by atoms with Gasteiger partial charge in [-0.3, -0.25) is 25.3 Å². The topological polar surface area (TPSA) is 158 Å². The molecule has 3 aromatic rings. The van der Waals surface area contributed by atoms with Gasteiger partial charge in [-0.1, -0.05) is 90.5 Å². The van der Waals surface area contributed by atoms with E-state index >= 15 is 0 Å². The Labute approximate surface area is 250 Å². The normalized spacial score (nSPS) is 13.4. The van der Waals surface area contributed by atoms with Crippen LogP contribution >= 0.6 is 0 Å². The zero-order valence-corrected chi connectivity index (χ0v) is 24.4. The highest BCUT2D eigenvalue weighted by molar-refractivity contribution is 7.88. The Bertz CT molecular complexity index is 1610. The minimum Gasteiger partial charge on any atom is -0.444 e. The van der Waals surface area contributed by atoms with Gasteiger partial charge in [0.25, 0.3) is 5.91 Å². The minimum atomic E-state index is -3.83. The largest absolute Gasteiger partial charge is 0.444 e. The van der Waals surface area contributed by atoms with Crippen LogP contribution in [0, 0.1) is 5.41 Å². The molecule has 11 nitrogen and oxygen atoms in total. The van der Waals surface area contributed by atoms with Gasteiger partial charge in [0.05, 0.1) is 12.2 Å². The van der Waals surface area contributed by atoms with Gasteiger partial charge in [-0.05, 0) is 30.0 Å². The highest BCUT2D eigenvalue weighted by atomic mass is 32.2. The van der Waals surface area contributed by atoms with Crippen molar-refractivity contribution in [3.05, 3.63) is 118 Å². The maximum atomic E-state index is 13.1. The van der Waals surface area contributed by atoms with E-state index in [1.165, 1.54) is 0 Å². The molecule has 0 radical (unpaired) electrons. The summed E-state index contributed by atoms with van der Waals surface area (Å²) in [6, 6.07) is 24.5. The lowest BCUT2D eigenvalue weighted by molar-refractivity contribution is -0.131. The first-order valence-corrected chi connectivity index (χ1v) is 15.2. The fourth-order valence-corrected chi connectivity index (χ4v) is 5.54. The summed E-state index contributed by atoms with van der Waals surface area (Å²) in [6.45, 7) is 2.19. The van der Waals surface area contributed by atoms with Gasteiger partial charge in [-0.2, -0.15) is 0 Å². The van der Waals surface area contributed by atoms with E-state index in [0.29, 0.717) is 17.5 Å². The Morgan fingerprint density at radius 1 is 0.907 bits per heavy atom. The van der Waals surface area contributed by atoms with Crippen molar-refractivity contribution in [3.8, 4) is 0 Å². The van der Waals surface area contributed by atoms with Crippen LogP contribution in [0.3, 0.4) is 0 Å². The van der Waals surface area contributed by atoms with Crippen molar-refractivity contribution in [2.24, 2.45) is 0 Å². The molecule has 1 heterocycles. The van der Waals surface area contributed by atoms with E-state index in [4.69, 9.17) is 10.1 Å². The standard InChI is InChI=1S/C31H33N5O6S/c1-22-16-17-36(35-43(40,41)21-25-10-6-3-7-11-25)30(38)27(22)18-28(37)33-19-23-12-14-26(15-13-23)29(32)34-31(39)42-20-24-8-4-2-5-9-24/h2-15,35H,16-21H2,1H3,(H,33,37)(H2,32,34,39). The molecule has 0 aromatic heterocycles. The Morgan fingerprint density at radius 2 is 1.53 bits per heavy atom. The lowest BCUT2D eigenvalue weighted by atomic mass is 9.98. The predicted molar refractivity (Wildman–Crippen MR) is 161 cm³/mol. The van der Waals surface area contributed by atoms with Crippen LogP contribution in [0.25, 0.3) is 0 Å². The number of hydrogen-bond donors (Lipinski definition) is 4. The van der Waals surface area contributed by atoms with Crippen molar-refractivity contribution < 1.29 is 27.5 Å². The molecule has 224 valence electrons. The van der Waals surface area contributed by atoms with E-state index in [-0.39, 0.29) is 43.3 Å². The number of amides is 3. The SMILES string of the molecule is CC1=C(CC(=O)NCc2ccc(C(=N)NC(=O)OCc3ccccc3)cc2)C(=O)N(NS(=O)(=O)Cc2ccccc2)CC1. The molecule has 4 rings (SSSR count). The van der Waals surface area contributed by atoms with Crippen LogP contribution in [0.2, 0.25) is 0 Å². The Balaban J connectivity index is 1.24. The van der Waals surface area contributed by atoms with Gasteiger partial charge in [0, 0.05) is 24.2 Å². The maximum Gasteiger partial charge on any atom is 0.413 e. The lowest BCUT2D eigenvalue weighted by Crippen LogP contribution is -2.49. The number of rotatable bonds is 11. The van der Waals surface area contributed by atoms with Crippen molar-refractivity contribution in [3.63, 3.8) is 0 Å². The van der Waals surface area contributed by atoms with Crippen molar-refractivity contribution in [1.29, 1.82) is 5.41 Å². The number of amidine groups is 1. The lowest BCUT2D eigenvalue weighted by Gasteiger charge is -2.29. The van der Waals surface area contributed by atoms with Crippen LogP contribution < -0.4 is 15.5 Å². The summed E-state index contributed by atoms with van der Waals surface area (Å²) in [5.41, 5.74) is 3.60. The number of benzene rings is 3. The van der Waals surface area contributed by atoms with E-state index in [0.717, 1.165) is 21.7 Å². The molecular formula is C31H33N5O6S. The van der Waals surface area contributed by atoms with Crippen LogP contribution in [-0.4, -0.2) is 43.7 Å². The molecule has 0 fully saturated rings. The number of carbonyl (C=O) groups excluding carboxylic acids is 3. The number of sulfonamides is 1. The van der Waals surface area contributed by atoms with Crippen LogP contribution in [-0.2, 0) is 43.3 Å². The molecular weight excluding hydrogens is 570 g/mol. The molecule has 0 saturated heterocycles. The van der Waals surface area contributed by atoms with Gasteiger partial charge in [0.2, 0.25) is 15.9 Å². The third-order valence-electron chi connectivity index (χ3n) is 6.69. The summed E-state index contributed by atoms with van der Waals surface area (Å²) in [7, 11) is -3.83. The van der Waals surface area contributed by atoms with Crippen molar-refractivity contribution >= 4 is 33.8 Å². The average Bonchev–Trinajstić information content (AvgIpc) is 2.99. The second-order valence-electron chi connectivity index (χ2n) is 10.0. The summed E-state index contributed by atoms with van der Waals surface area (Å²) >= 11 is 0. The second kappa shape index (κ2) is 14.4. The molecule has 4 N–H and O–H groups in total. The fourth-order valence-electron chi connectivity index (χ4n) is 4.33. The summed E-state index contributed by atoms with van der Waals surface area (Å²) in [5.74, 6) is -1.34. The molecule has 43 heavy (non-hydrogen) atoms. The molecule has 3 aromatic carbocycles. The smallest absolute Gasteiger partial charge is 0.413 e. The van der Waals surface area contributed by atoms with E-state index in [9.17, 15) is 22.8 Å². The van der Waals surface area contributed by atoms with E-state index in [2.05, 4.69) is 15.5 Å². The quantitative estimate of drug-likeness (QED) is 0.194. The minimum absolute atomic E-state index is 0.0858. The highest BCUT2D eigenvalue weighted by Gasteiger charge is 2.29. The summed E-state index contributed by atoms with van der Waals surface area (Å²) in [6.07, 6.45) is -0.502. The van der Waals surface area contributed by atoms with E-state index < -0.39 is 27.9 Å². The second-order valence-corrected chi connectivity index (χ2v) is 11.7. The van der Waals surface area contributed by atoms with Gasteiger partial charge in [0.15, 0.2) is 0 Å². The molecule has 3 amide bonds. The molecule has 1 aliphatic heterocycles. The van der Waals surface area contributed by atoms with Crippen molar-refractivity contribution in [2.45, 2.75) is 38.7 Å². The number of ether oxygens (including phenoxy) is 1. The summed E-state index contributed by atoms with van der Waals surface area (Å²) in [4.78, 5) is 40.2. The van der Waals surface area contributed by atoms with Crippen LogP contribution in [0.15, 0.2) is 96.1 Å². The van der Waals surface area contributed by atoms with Gasteiger partial charge >= 0.3 is 6.09 Å². The molecule has 12 heteroatoms. The third-order valence-corrected chi connectivity index (χ3v) is 7.90. The number of nitrogens with zero attached hydrogens (tertiary/aromatic N) is 1. The third kappa shape index (κ3) is 9.35. The Kier molecular flexibility index (Phi) is 10.4. The monoisotopic (exact) mass is 603 g/mol. The molecule has 0 bridgehead atoms. The van der Waals surface area contributed by atoms with Crippen molar-refractivity contribution in [1.82, 2.24) is 20.5 Å². The zero-order chi connectivity index (χ0) is 30.8. The molecule has 1 aliphatic rings. The number of hydrogen-bond acceptors (Lipinski definition) is 7. The van der Waals surface area contributed by atoms with E-state index in [1.807, 2.05) is 30.3 Å². The van der Waals surface area contributed by atoms with Gasteiger partial charge in [-0.15, -0.1) is 4.83 Å². The van der Waals surface area contributed by atoms with Gasteiger partial charge < -0.3 is 10.1 Å². The molecule has 0 unspecified atom stereocenters. The molecule has 0 spiro atoms. The first-order valence-electron chi connectivity index (χ1n) is 13.6. The maximum absolute atomic E-state index is 13.1. The first-order chi connectivity index (χ1) is 20.6. The van der Waals surface area contributed by atoms with Crippen LogP contribution in [0.4, 0.5) is 4.79 Å².